The molecule has 2 aliphatic rings. The number of aryl methyl sites for hydroxylation is 1. The normalized spacial score (nSPS) is 24.9. The molecule has 0 spiro atoms. The Kier molecular flexibility index (Phi) is 10.6. The van der Waals surface area contributed by atoms with Gasteiger partial charge in [-0.1, -0.05) is 36.8 Å². The molecule has 7 heteroatoms. The molecule has 1 N–H and O–H groups in total. The van der Waals surface area contributed by atoms with Crippen LogP contribution in [0.25, 0.3) is 0 Å². The van der Waals surface area contributed by atoms with E-state index in [0.717, 1.165) is 44.6 Å². The zero-order valence-electron chi connectivity index (χ0n) is 20.2. The fourth-order valence-corrected chi connectivity index (χ4v) is 6.23. The number of fused-ring (bicyclic) bond motifs is 2. The van der Waals surface area contributed by atoms with Crippen molar-refractivity contribution in [2.75, 3.05) is 44.2 Å². The first-order valence-electron chi connectivity index (χ1n) is 12.5. The Morgan fingerprint density at radius 3 is 2.55 bits per heavy atom. The molecule has 1 amide bonds. The predicted octanol–water partition coefficient (Wildman–Crippen LogP) is 3.58. The summed E-state index contributed by atoms with van der Waals surface area (Å²) < 4.78 is 0. The van der Waals surface area contributed by atoms with E-state index >= 15 is 0 Å². The number of nitrogens with zero attached hydrogens (tertiary/aromatic N) is 2. The van der Waals surface area contributed by atoms with E-state index in [0.29, 0.717) is 49.0 Å². The molecule has 1 aromatic carbocycles. The largest absolute Gasteiger partial charge is 0.354 e. The quantitative estimate of drug-likeness (QED) is 0.369. The van der Waals surface area contributed by atoms with E-state index in [-0.39, 0.29) is 11.8 Å². The molecule has 33 heavy (non-hydrogen) atoms. The highest BCUT2D eigenvalue weighted by molar-refractivity contribution is 7.80. The minimum absolute atomic E-state index is 0.0541. The number of ketones is 1. The molecule has 2 saturated heterocycles. The van der Waals surface area contributed by atoms with Crippen LogP contribution in [-0.4, -0.2) is 77.8 Å². The minimum atomic E-state index is 0.0541. The van der Waals surface area contributed by atoms with Crippen LogP contribution in [0.5, 0.6) is 0 Å². The molecule has 2 bridgehead atoms. The Bertz CT molecular complexity index is 773. The topological polar surface area (TPSA) is 52.7 Å². The lowest BCUT2D eigenvalue weighted by Gasteiger charge is -2.44. The second-order valence-corrected chi connectivity index (χ2v) is 10.5. The van der Waals surface area contributed by atoms with Crippen LogP contribution in [0.2, 0.25) is 0 Å². The van der Waals surface area contributed by atoms with Crippen LogP contribution in [-0.2, 0) is 9.59 Å². The van der Waals surface area contributed by atoms with E-state index in [1.807, 2.05) is 6.92 Å². The number of piperidine rings is 1. The van der Waals surface area contributed by atoms with Crippen LogP contribution in [0.1, 0.15) is 56.1 Å². The number of amides is 1. The molecule has 2 fully saturated rings. The van der Waals surface area contributed by atoms with Gasteiger partial charge in [-0.25, -0.2) is 0 Å². The summed E-state index contributed by atoms with van der Waals surface area (Å²) in [7, 11) is 0. The van der Waals surface area contributed by atoms with Crippen molar-refractivity contribution in [3.8, 4) is 0 Å². The molecule has 0 saturated carbocycles. The Morgan fingerprint density at radius 2 is 1.88 bits per heavy atom. The van der Waals surface area contributed by atoms with Crippen molar-refractivity contribution in [3.63, 3.8) is 0 Å². The van der Waals surface area contributed by atoms with Gasteiger partial charge in [0.05, 0.1) is 6.54 Å². The monoisotopic (exact) mass is 491 g/mol. The van der Waals surface area contributed by atoms with Gasteiger partial charge in [-0.15, -0.1) is 0 Å². The van der Waals surface area contributed by atoms with Crippen LogP contribution < -0.4 is 5.32 Å². The molecule has 0 radical (unpaired) electrons. The molecule has 4 atom stereocenters. The van der Waals surface area contributed by atoms with Gasteiger partial charge in [0.1, 0.15) is 5.78 Å². The zero-order chi connectivity index (χ0) is 23.8. The van der Waals surface area contributed by atoms with Gasteiger partial charge in [0.25, 0.3) is 0 Å². The molecular formula is C26H41N3O2S2. The average Bonchev–Trinajstić information content (AvgIpc) is 3.08. The van der Waals surface area contributed by atoms with Crippen molar-refractivity contribution in [2.24, 2.45) is 5.92 Å². The standard InChI is InChI=1S/C26H41N3O2S2/c1-3-24(30)26-22(20-7-5-19(2)6-8-20)17-21-9-10-23(26)29(21)13-4-12-28(14-16-33)18-25(31)27-11-15-32/h5-8,21-23,26,32-33H,3-4,9-18H2,1-2H3,(H,27,31)/t21?,22-,23?,26?/m0/s1. The predicted molar refractivity (Wildman–Crippen MR) is 143 cm³/mol. The fourth-order valence-electron chi connectivity index (χ4n) is 5.84. The Balaban J connectivity index is 1.63. The van der Waals surface area contributed by atoms with Crippen LogP contribution in [0.4, 0.5) is 0 Å². The first-order chi connectivity index (χ1) is 16.0. The number of benzene rings is 1. The van der Waals surface area contributed by atoms with E-state index in [2.05, 4.69) is 71.6 Å². The van der Waals surface area contributed by atoms with Crippen molar-refractivity contribution >= 4 is 36.9 Å². The lowest BCUT2D eigenvalue weighted by Crippen LogP contribution is -2.51. The number of nitrogens with one attached hydrogen (secondary N) is 1. The smallest absolute Gasteiger partial charge is 0.234 e. The van der Waals surface area contributed by atoms with E-state index in [9.17, 15) is 9.59 Å². The van der Waals surface area contributed by atoms with Crippen LogP contribution in [0.15, 0.2) is 24.3 Å². The Labute approximate surface area is 210 Å². The summed E-state index contributed by atoms with van der Waals surface area (Å²) in [4.78, 5) is 30.1. The highest BCUT2D eigenvalue weighted by Crippen LogP contribution is 2.47. The Hall–Kier alpha value is -1.02. The SMILES string of the molecule is CCC(=O)C1C2CCC(C[C@H]1c1ccc(C)cc1)N2CCCN(CCS)CC(=O)NCCS. The van der Waals surface area contributed by atoms with Gasteiger partial charge in [-0.3, -0.25) is 19.4 Å². The molecule has 3 rings (SSSR count). The first kappa shape index (κ1) is 26.6. The van der Waals surface area contributed by atoms with Gasteiger partial charge in [0.2, 0.25) is 5.91 Å². The maximum atomic E-state index is 13.1. The van der Waals surface area contributed by atoms with E-state index in [1.165, 1.54) is 17.5 Å². The van der Waals surface area contributed by atoms with E-state index in [1.54, 1.807) is 0 Å². The zero-order valence-corrected chi connectivity index (χ0v) is 22.0. The highest BCUT2D eigenvalue weighted by atomic mass is 32.1. The maximum absolute atomic E-state index is 13.1. The van der Waals surface area contributed by atoms with E-state index < -0.39 is 0 Å². The summed E-state index contributed by atoms with van der Waals surface area (Å²) in [6.07, 6.45) is 4.99. The highest BCUT2D eigenvalue weighted by Gasteiger charge is 2.49. The minimum Gasteiger partial charge on any atom is -0.354 e. The number of hydrogen-bond donors (Lipinski definition) is 3. The molecule has 0 aliphatic carbocycles. The summed E-state index contributed by atoms with van der Waals surface area (Å²) in [5, 5.41) is 2.90. The Morgan fingerprint density at radius 1 is 1.12 bits per heavy atom. The number of rotatable bonds is 13. The number of carbonyl (C=O) groups excluding carboxylic acids is 2. The lowest BCUT2D eigenvalue weighted by molar-refractivity contribution is -0.127. The van der Waals surface area contributed by atoms with Crippen LogP contribution in [0.3, 0.4) is 0 Å². The van der Waals surface area contributed by atoms with Gasteiger partial charge in [-0.05, 0) is 57.2 Å². The van der Waals surface area contributed by atoms with Crippen molar-refractivity contribution in [1.82, 2.24) is 15.1 Å². The van der Waals surface area contributed by atoms with E-state index in [4.69, 9.17) is 0 Å². The average molecular weight is 492 g/mol. The summed E-state index contributed by atoms with van der Waals surface area (Å²) in [5.74, 6) is 2.28. The van der Waals surface area contributed by atoms with Gasteiger partial charge in [-0.2, -0.15) is 25.3 Å². The third-order valence-corrected chi connectivity index (χ3v) is 7.82. The van der Waals surface area contributed by atoms with Gasteiger partial charge in [0.15, 0.2) is 0 Å². The lowest BCUT2D eigenvalue weighted by atomic mass is 9.73. The first-order valence-corrected chi connectivity index (χ1v) is 13.8. The van der Waals surface area contributed by atoms with Crippen molar-refractivity contribution in [1.29, 1.82) is 0 Å². The number of Topliss-reactive ketones (excluding diaryl/α,β-unsaturated/α-hetero) is 1. The molecule has 3 unspecified atom stereocenters. The van der Waals surface area contributed by atoms with Crippen molar-refractivity contribution in [2.45, 2.75) is 64.0 Å². The molecule has 0 aromatic heterocycles. The summed E-state index contributed by atoms with van der Waals surface area (Å²) in [6.45, 7) is 7.80. The number of carbonyl (C=O) groups is 2. The molecule has 2 aliphatic heterocycles. The molecule has 1 aromatic rings. The summed E-state index contributed by atoms with van der Waals surface area (Å²) in [5.41, 5.74) is 2.60. The molecular weight excluding hydrogens is 450 g/mol. The molecule has 184 valence electrons. The third-order valence-electron chi connectivity index (χ3n) is 7.40. The van der Waals surface area contributed by atoms with Crippen molar-refractivity contribution in [3.05, 3.63) is 35.4 Å². The van der Waals surface area contributed by atoms with Crippen LogP contribution >= 0.6 is 25.3 Å². The maximum Gasteiger partial charge on any atom is 0.234 e. The van der Waals surface area contributed by atoms with Gasteiger partial charge < -0.3 is 5.32 Å². The number of hydrogen-bond acceptors (Lipinski definition) is 6. The second kappa shape index (κ2) is 13.2. The second-order valence-electron chi connectivity index (χ2n) is 9.56. The summed E-state index contributed by atoms with van der Waals surface area (Å²) in [6, 6.07) is 9.73. The number of thiol groups is 2. The van der Waals surface area contributed by atoms with Crippen molar-refractivity contribution < 1.29 is 9.59 Å². The van der Waals surface area contributed by atoms with Gasteiger partial charge in [0, 0.05) is 49.0 Å². The van der Waals surface area contributed by atoms with Gasteiger partial charge >= 0.3 is 0 Å². The van der Waals surface area contributed by atoms with Crippen LogP contribution in [0, 0.1) is 12.8 Å². The molecule has 2 heterocycles. The third kappa shape index (κ3) is 7.00. The fraction of sp³-hybridized carbons (Fsp3) is 0.692. The summed E-state index contributed by atoms with van der Waals surface area (Å²) >= 11 is 8.53. The molecule has 5 nitrogen and oxygen atoms in total.